The number of anilines is 1. The third-order valence-electron chi connectivity index (χ3n) is 2.21. The molecule has 0 amide bonds. The zero-order valence-corrected chi connectivity index (χ0v) is 9.90. The molecule has 0 aliphatic rings. The van der Waals surface area contributed by atoms with Gasteiger partial charge in [0.15, 0.2) is 11.2 Å². The summed E-state index contributed by atoms with van der Waals surface area (Å²) >= 11 is 1.61. The van der Waals surface area contributed by atoms with Crippen LogP contribution >= 0.6 is 11.8 Å². The van der Waals surface area contributed by atoms with E-state index in [9.17, 15) is 4.79 Å². The summed E-state index contributed by atoms with van der Waals surface area (Å²) < 4.78 is 1.74. The molecule has 8 heteroatoms. The molecule has 0 aromatic carbocycles. The van der Waals surface area contributed by atoms with Crippen LogP contribution in [0.4, 0.5) is 5.95 Å². The van der Waals surface area contributed by atoms with Crippen molar-refractivity contribution < 1.29 is 5.11 Å². The number of imidazole rings is 1. The first kappa shape index (κ1) is 11.9. The number of aryl methyl sites for hydroxylation is 1. The highest BCUT2D eigenvalue weighted by atomic mass is 32.2. The summed E-state index contributed by atoms with van der Waals surface area (Å²) in [5.41, 5.74) is 5.94. The molecule has 2 rings (SSSR count). The number of thioether (sulfide) groups is 1. The van der Waals surface area contributed by atoms with E-state index >= 15 is 0 Å². The highest BCUT2D eigenvalue weighted by molar-refractivity contribution is 7.99. The second-order valence-electron chi connectivity index (χ2n) is 3.40. The van der Waals surface area contributed by atoms with Crippen LogP contribution in [0.3, 0.4) is 0 Å². The molecule has 0 aliphatic carbocycles. The summed E-state index contributed by atoms with van der Waals surface area (Å²) in [6.07, 6.45) is 1.58. The lowest BCUT2D eigenvalue weighted by atomic mass is 10.5. The average molecular weight is 255 g/mol. The third kappa shape index (κ3) is 2.59. The minimum atomic E-state index is -0.280. The van der Waals surface area contributed by atoms with E-state index in [2.05, 4.69) is 15.0 Å². The standard InChI is InChI=1S/C9H13N5O2S/c10-9-12-7-6(8(16)13-9)14(5-11-7)1-3-17-4-2-15/h5,15H,1-4H2,(H3,10,12,13,16). The van der Waals surface area contributed by atoms with Crippen LogP contribution in [0.1, 0.15) is 0 Å². The van der Waals surface area contributed by atoms with E-state index in [-0.39, 0.29) is 18.1 Å². The minimum absolute atomic E-state index is 0.0717. The molecule has 0 saturated carbocycles. The van der Waals surface area contributed by atoms with Crippen LogP contribution in [0.25, 0.3) is 11.2 Å². The number of aliphatic hydroxyl groups is 1. The van der Waals surface area contributed by atoms with Gasteiger partial charge < -0.3 is 15.4 Å². The Morgan fingerprint density at radius 2 is 2.35 bits per heavy atom. The molecule has 0 fully saturated rings. The number of nitrogens with two attached hydrogens (primary N) is 1. The molecule has 92 valence electrons. The monoisotopic (exact) mass is 255 g/mol. The molecule has 0 atom stereocenters. The van der Waals surface area contributed by atoms with Crippen molar-refractivity contribution in [3.63, 3.8) is 0 Å². The summed E-state index contributed by atoms with van der Waals surface area (Å²) in [5, 5.41) is 8.65. The maximum atomic E-state index is 11.7. The third-order valence-corrected chi connectivity index (χ3v) is 3.16. The van der Waals surface area contributed by atoms with Gasteiger partial charge in [0.25, 0.3) is 5.56 Å². The Kier molecular flexibility index (Phi) is 3.64. The summed E-state index contributed by atoms with van der Waals surface area (Å²) in [6.45, 7) is 0.809. The van der Waals surface area contributed by atoms with Crippen molar-refractivity contribution in [3.8, 4) is 0 Å². The van der Waals surface area contributed by atoms with Gasteiger partial charge in [0.2, 0.25) is 5.95 Å². The van der Waals surface area contributed by atoms with Crippen LogP contribution in [-0.4, -0.2) is 42.7 Å². The topological polar surface area (TPSA) is 110 Å². The van der Waals surface area contributed by atoms with Crippen molar-refractivity contribution in [1.82, 2.24) is 19.5 Å². The Morgan fingerprint density at radius 3 is 3.12 bits per heavy atom. The van der Waals surface area contributed by atoms with Gasteiger partial charge in [0.1, 0.15) is 0 Å². The van der Waals surface area contributed by atoms with Crippen LogP contribution < -0.4 is 11.3 Å². The Hall–Kier alpha value is -1.54. The van der Waals surface area contributed by atoms with Gasteiger partial charge >= 0.3 is 0 Å². The van der Waals surface area contributed by atoms with E-state index in [1.807, 2.05) is 0 Å². The number of aromatic amines is 1. The Bertz CT molecular complexity index is 564. The maximum absolute atomic E-state index is 11.7. The predicted molar refractivity (Wildman–Crippen MR) is 67.0 cm³/mol. The number of nitrogen functional groups attached to an aromatic ring is 1. The van der Waals surface area contributed by atoms with Gasteiger partial charge in [-0.15, -0.1) is 0 Å². The molecule has 2 aromatic rings. The van der Waals surface area contributed by atoms with Gasteiger partial charge in [-0.3, -0.25) is 9.78 Å². The lowest BCUT2D eigenvalue weighted by Crippen LogP contribution is -2.15. The summed E-state index contributed by atoms with van der Waals surface area (Å²) in [6, 6.07) is 0. The largest absolute Gasteiger partial charge is 0.396 e. The number of aliphatic hydroxyl groups excluding tert-OH is 1. The van der Waals surface area contributed by atoms with E-state index in [1.165, 1.54) is 0 Å². The van der Waals surface area contributed by atoms with E-state index in [1.54, 1.807) is 22.7 Å². The molecular formula is C9H13N5O2S. The Morgan fingerprint density at radius 1 is 1.53 bits per heavy atom. The predicted octanol–water partition coefficient (Wildman–Crippen LogP) is -0.573. The van der Waals surface area contributed by atoms with Gasteiger partial charge in [-0.2, -0.15) is 16.7 Å². The SMILES string of the molecule is Nc1nc2ncn(CCSCCO)c2c(=O)[nH]1. The number of fused-ring (bicyclic) bond motifs is 1. The van der Waals surface area contributed by atoms with E-state index in [0.29, 0.717) is 23.5 Å². The maximum Gasteiger partial charge on any atom is 0.278 e. The van der Waals surface area contributed by atoms with Crippen molar-refractivity contribution in [2.24, 2.45) is 0 Å². The van der Waals surface area contributed by atoms with Gasteiger partial charge in [0, 0.05) is 18.1 Å². The molecule has 0 spiro atoms. The van der Waals surface area contributed by atoms with Crippen molar-refractivity contribution in [2.45, 2.75) is 6.54 Å². The fourth-order valence-electron chi connectivity index (χ4n) is 1.50. The Balaban J connectivity index is 2.21. The van der Waals surface area contributed by atoms with E-state index in [4.69, 9.17) is 10.8 Å². The first-order valence-corrected chi connectivity index (χ1v) is 6.27. The number of hydrogen-bond acceptors (Lipinski definition) is 6. The molecule has 2 aromatic heterocycles. The smallest absolute Gasteiger partial charge is 0.278 e. The van der Waals surface area contributed by atoms with Crippen LogP contribution in [0.15, 0.2) is 11.1 Å². The van der Waals surface area contributed by atoms with E-state index < -0.39 is 0 Å². The van der Waals surface area contributed by atoms with Gasteiger partial charge in [-0.1, -0.05) is 0 Å². The molecule has 0 aliphatic heterocycles. The second kappa shape index (κ2) is 5.19. The minimum Gasteiger partial charge on any atom is -0.396 e. The molecule has 0 saturated heterocycles. The molecule has 0 radical (unpaired) electrons. The highest BCUT2D eigenvalue weighted by Crippen LogP contribution is 2.08. The molecule has 17 heavy (non-hydrogen) atoms. The summed E-state index contributed by atoms with van der Waals surface area (Å²) in [5.74, 6) is 1.56. The lowest BCUT2D eigenvalue weighted by Gasteiger charge is -2.02. The van der Waals surface area contributed by atoms with Crippen molar-refractivity contribution >= 4 is 28.9 Å². The zero-order valence-electron chi connectivity index (χ0n) is 9.09. The fourth-order valence-corrected chi connectivity index (χ4v) is 2.16. The van der Waals surface area contributed by atoms with E-state index in [0.717, 1.165) is 5.75 Å². The number of nitrogens with zero attached hydrogens (tertiary/aromatic N) is 3. The molecular weight excluding hydrogens is 242 g/mol. The van der Waals surface area contributed by atoms with Crippen LogP contribution in [0.2, 0.25) is 0 Å². The second-order valence-corrected chi connectivity index (χ2v) is 4.62. The van der Waals surface area contributed by atoms with Gasteiger partial charge in [-0.05, 0) is 0 Å². The summed E-state index contributed by atoms with van der Waals surface area (Å²) in [7, 11) is 0. The van der Waals surface area contributed by atoms with Crippen LogP contribution in [0, 0.1) is 0 Å². The molecule has 0 bridgehead atoms. The molecule has 0 unspecified atom stereocenters. The van der Waals surface area contributed by atoms with Gasteiger partial charge in [-0.25, -0.2) is 4.98 Å². The normalized spacial score (nSPS) is 11.1. The molecule has 7 nitrogen and oxygen atoms in total. The zero-order chi connectivity index (χ0) is 12.3. The quantitative estimate of drug-likeness (QED) is 0.617. The number of rotatable bonds is 5. The fraction of sp³-hybridized carbons (Fsp3) is 0.444. The van der Waals surface area contributed by atoms with Crippen LogP contribution in [0.5, 0.6) is 0 Å². The Labute approximate surface area is 101 Å². The summed E-state index contributed by atoms with van der Waals surface area (Å²) in [4.78, 5) is 22.1. The molecule has 2 heterocycles. The first-order chi connectivity index (χ1) is 8.22. The van der Waals surface area contributed by atoms with Crippen molar-refractivity contribution in [1.29, 1.82) is 0 Å². The average Bonchev–Trinajstić information content (AvgIpc) is 2.68. The molecule has 4 N–H and O–H groups in total. The van der Waals surface area contributed by atoms with Gasteiger partial charge in [0.05, 0.1) is 12.9 Å². The van der Waals surface area contributed by atoms with Crippen molar-refractivity contribution in [3.05, 3.63) is 16.7 Å². The lowest BCUT2D eigenvalue weighted by molar-refractivity contribution is 0.322. The number of aromatic nitrogens is 4. The van der Waals surface area contributed by atoms with Crippen molar-refractivity contribution in [2.75, 3.05) is 23.8 Å². The number of hydrogen-bond donors (Lipinski definition) is 3. The van der Waals surface area contributed by atoms with Crippen LogP contribution in [-0.2, 0) is 6.54 Å². The first-order valence-electron chi connectivity index (χ1n) is 5.11. The number of nitrogens with one attached hydrogen (secondary N) is 1. The number of H-pyrrole nitrogens is 1. The highest BCUT2D eigenvalue weighted by Gasteiger charge is 2.08.